The lowest BCUT2D eigenvalue weighted by Gasteiger charge is -2.22. The molecule has 1 aliphatic rings. The standard InChI is InChI=1S/C34H42N6O4/c1-22-17-30(39-37-27-14-15-31-28(18-27)34(3,4)23(2)40(31)5)32(44-6)19-29(22)38-36-26-12-10-25(11-13-26)33(43)35-16-8-7-9-24(20-41)21-42/h10-15,17-19,24,41-42H,2,7-9,16,20-21H2,1,3-6H3,(H,35,43)/b38-36-,39-37-/i41D. The van der Waals surface area contributed by atoms with E-state index in [1.807, 2.05) is 32.2 Å². The highest BCUT2D eigenvalue weighted by molar-refractivity contribution is 5.94. The molecule has 4 rings (SSSR count). The van der Waals surface area contributed by atoms with Crippen LogP contribution < -0.4 is 15.0 Å². The van der Waals surface area contributed by atoms with E-state index in [1.54, 1.807) is 37.4 Å². The molecule has 0 saturated heterocycles. The number of ether oxygens (including phenoxy) is 1. The number of anilines is 1. The number of likely N-dealkylation sites (N-methyl/N-ethyl adjacent to an activating group) is 1. The fourth-order valence-electron chi connectivity index (χ4n) is 5.10. The number of hydrogen-bond donors (Lipinski definition) is 3. The summed E-state index contributed by atoms with van der Waals surface area (Å²) in [5.74, 6) is 0.306. The van der Waals surface area contributed by atoms with Crippen LogP contribution in [0.5, 0.6) is 5.75 Å². The van der Waals surface area contributed by atoms with Gasteiger partial charge in [0.15, 0.2) is 0 Å². The van der Waals surface area contributed by atoms with Gasteiger partial charge in [-0.3, -0.25) is 4.79 Å². The number of nitrogens with one attached hydrogen (secondary N) is 1. The molecule has 10 heteroatoms. The van der Waals surface area contributed by atoms with E-state index in [4.69, 9.17) is 6.17 Å². The highest BCUT2D eigenvalue weighted by atomic mass is 16.5. The minimum atomic E-state index is -0.185. The SMILES string of the molecule is [2H]OCC(CO)CCCCNC(=O)c1ccc(/N=N\c2cc(OC)c(/N=N\c3ccc4c(c3)C(C)(C)C(=C)N4C)cc2C)cc1. The summed E-state index contributed by atoms with van der Waals surface area (Å²) in [7, 11) is 3.60. The Kier molecular flexibility index (Phi) is 10.1. The minimum Gasteiger partial charge on any atom is -0.494 e. The average molecular weight is 600 g/mol. The zero-order valence-electron chi connectivity index (χ0n) is 27.1. The predicted octanol–water partition coefficient (Wildman–Crippen LogP) is 7.58. The average Bonchev–Trinajstić information content (AvgIpc) is 3.21. The van der Waals surface area contributed by atoms with Crippen LogP contribution in [-0.2, 0) is 5.41 Å². The molecule has 3 N–H and O–H groups in total. The van der Waals surface area contributed by atoms with Crippen LogP contribution in [0.1, 0.15) is 54.6 Å². The maximum absolute atomic E-state index is 12.5. The number of azo groups is 2. The Morgan fingerprint density at radius 1 is 1.02 bits per heavy atom. The molecule has 10 nitrogen and oxygen atoms in total. The molecule has 0 aliphatic carbocycles. The molecule has 1 aliphatic heterocycles. The van der Waals surface area contributed by atoms with Gasteiger partial charge in [-0.2, -0.15) is 15.3 Å². The number of nitrogens with zero attached hydrogens (tertiary/aromatic N) is 5. The van der Waals surface area contributed by atoms with E-state index in [1.165, 1.54) is 0 Å². The van der Waals surface area contributed by atoms with E-state index in [0.717, 1.165) is 47.5 Å². The third kappa shape index (κ3) is 7.38. The first-order chi connectivity index (χ1) is 21.6. The number of carbonyl (C=O) groups is 1. The Morgan fingerprint density at radius 3 is 2.43 bits per heavy atom. The molecule has 1 amide bonds. The van der Waals surface area contributed by atoms with E-state index in [2.05, 4.69) is 62.3 Å². The maximum Gasteiger partial charge on any atom is 0.251 e. The molecule has 0 spiro atoms. The van der Waals surface area contributed by atoms with Crippen molar-refractivity contribution in [3.05, 3.63) is 83.6 Å². The molecule has 1 atom stereocenters. The predicted molar refractivity (Wildman–Crippen MR) is 173 cm³/mol. The van der Waals surface area contributed by atoms with Gasteiger partial charge in [-0.05, 0) is 79.4 Å². The Bertz CT molecular complexity index is 1570. The van der Waals surface area contributed by atoms with E-state index in [-0.39, 0.29) is 30.5 Å². The summed E-state index contributed by atoms with van der Waals surface area (Å²) in [6, 6.07) is 16.6. The topological polar surface area (TPSA) is 131 Å². The van der Waals surface area contributed by atoms with Gasteiger partial charge >= 0.3 is 0 Å². The van der Waals surface area contributed by atoms with Gasteiger partial charge in [-0.15, -0.1) is 5.11 Å². The summed E-state index contributed by atoms with van der Waals surface area (Å²) in [4.78, 5) is 14.6. The first kappa shape index (κ1) is 31.0. The molecule has 44 heavy (non-hydrogen) atoms. The second-order valence-corrected chi connectivity index (χ2v) is 11.6. The van der Waals surface area contributed by atoms with Gasteiger partial charge in [-0.25, -0.2) is 0 Å². The van der Waals surface area contributed by atoms with Crippen LogP contribution in [0.2, 0.25) is 0 Å². The number of aliphatic hydroxyl groups is 2. The molecular weight excluding hydrogens is 556 g/mol. The number of aryl methyl sites for hydroxylation is 1. The maximum atomic E-state index is 12.5. The molecule has 1 unspecified atom stereocenters. The van der Waals surface area contributed by atoms with Gasteiger partial charge < -0.3 is 25.2 Å². The fraction of sp³-hybridized carbons (Fsp3) is 0.382. The first-order valence-corrected chi connectivity index (χ1v) is 14.8. The van der Waals surface area contributed by atoms with Gasteiger partial charge in [-0.1, -0.05) is 26.8 Å². The molecule has 0 radical (unpaired) electrons. The van der Waals surface area contributed by atoms with E-state index < -0.39 is 0 Å². The van der Waals surface area contributed by atoms with Crippen LogP contribution in [0.15, 0.2) is 87.3 Å². The molecule has 0 aromatic heterocycles. The molecule has 232 valence electrons. The number of benzene rings is 3. The third-order valence-corrected chi connectivity index (χ3v) is 8.13. The largest absolute Gasteiger partial charge is 0.494 e. The van der Waals surface area contributed by atoms with Crippen LogP contribution in [-0.4, -0.2) is 51.5 Å². The molecular formula is C34H42N6O4. The minimum absolute atomic E-state index is 0.00980. The molecule has 0 bridgehead atoms. The van der Waals surface area contributed by atoms with Gasteiger partial charge in [0, 0.05) is 61.2 Å². The van der Waals surface area contributed by atoms with Crippen molar-refractivity contribution < 1.29 is 19.7 Å². The zero-order chi connectivity index (χ0) is 32.6. The zero-order valence-corrected chi connectivity index (χ0v) is 26.1. The van der Waals surface area contributed by atoms with E-state index in [0.29, 0.717) is 34.9 Å². The smallest absolute Gasteiger partial charge is 0.251 e. The Morgan fingerprint density at radius 2 is 1.73 bits per heavy atom. The van der Waals surface area contributed by atoms with Crippen LogP contribution in [0.4, 0.5) is 28.4 Å². The summed E-state index contributed by atoms with van der Waals surface area (Å²) in [5, 5.41) is 34.3. The van der Waals surface area contributed by atoms with Gasteiger partial charge in [0.1, 0.15) is 11.4 Å². The number of hydrogen-bond acceptors (Lipinski definition) is 9. The Labute approximate surface area is 260 Å². The number of unbranched alkanes of at least 4 members (excludes halogenated alkanes) is 1. The molecule has 1 heterocycles. The molecule has 3 aromatic carbocycles. The van der Waals surface area contributed by atoms with Crippen molar-refractivity contribution >= 4 is 34.3 Å². The van der Waals surface area contributed by atoms with Gasteiger partial charge in [0.05, 0.1) is 24.2 Å². The van der Waals surface area contributed by atoms with Crippen molar-refractivity contribution in [2.75, 3.05) is 38.8 Å². The Balaban J connectivity index is 1.37. The third-order valence-electron chi connectivity index (χ3n) is 8.13. The summed E-state index contributed by atoms with van der Waals surface area (Å²) in [5.41, 5.74) is 7.09. The van der Waals surface area contributed by atoms with Gasteiger partial charge in [0.2, 0.25) is 1.43 Å². The van der Waals surface area contributed by atoms with E-state index in [9.17, 15) is 9.90 Å². The number of rotatable bonds is 14. The highest BCUT2D eigenvalue weighted by Gasteiger charge is 2.37. The summed E-state index contributed by atoms with van der Waals surface area (Å²) in [6.07, 6.45) is 2.34. The number of allylic oxidation sites excluding steroid dienone is 1. The van der Waals surface area contributed by atoms with E-state index >= 15 is 0 Å². The Hall–Kier alpha value is -4.41. The molecule has 0 saturated carbocycles. The monoisotopic (exact) mass is 599 g/mol. The van der Waals surface area contributed by atoms with Crippen LogP contribution in [0, 0.1) is 12.8 Å². The number of aliphatic hydroxyl groups excluding tert-OH is 2. The van der Waals surface area contributed by atoms with Crippen molar-refractivity contribution in [2.24, 2.45) is 26.4 Å². The lowest BCUT2D eigenvalue weighted by molar-refractivity contribution is 0.0951. The normalized spacial score (nSPS) is 15.1. The lowest BCUT2D eigenvalue weighted by Crippen LogP contribution is -2.24. The summed E-state index contributed by atoms with van der Waals surface area (Å²) in [6.45, 7) is 11.2. The second-order valence-electron chi connectivity index (χ2n) is 11.6. The number of carbonyl (C=O) groups excluding carboxylic acids is 1. The molecule has 0 fully saturated rings. The van der Waals surface area contributed by atoms with Crippen LogP contribution in [0.3, 0.4) is 0 Å². The van der Waals surface area contributed by atoms with Crippen molar-refractivity contribution in [2.45, 2.75) is 45.4 Å². The quantitative estimate of drug-likeness (QED) is 0.130. The van der Waals surface area contributed by atoms with Crippen molar-refractivity contribution in [1.29, 1.82) is 1.43 Å². The van der Waals surface area contributed by atoms with Gasteiger partial charge in [0.25, 0.3) is 5.91 Å². The highest BCUT2D eigenvalue weighted by Crippen LogP contribution is 2.47. The van der Waals surface area contributed by atoms with Crippen molar-refractivity contribution in [1.82, 2.24) is 5.32 Å². The lowest BCUT2D eigenvalue weighted by atomic mass is 9.84. The van der Waals surface area contributed by atoms with Crippen molar-refractivity contribution in [3.8, 4) is 5.75 Å². The second kappa shape index (κ2) is 14.4. The molecule has 3 aromatic rings. The van der Waals surface area contributed by atoms with Crippen LogP contribution >= 0.6 is 0 Å². The fourth-order valence-corrected chi connectivity index (χ4v) is 5.10. The first-order valence-electron chi connectivity index (χ1n) is 15.2. The number of fused-ring (bicyclic) bond motifs is 1. The number of amides is 1. The van der Waals surface area contributed by atoms with Crippen LogP contribution in [0.25, 0.3) is 0 Å². The number of methoxy groups -OCH3 is 1. The summed E-state index contributed by atoms with van der Waals surface area (Å²) < 4.78 is 12.4. The summed E-state index contributed by atoms with van der Waals surface area (Å²) >= 11 is 0. The van der Waals surface area contributed by atoms with Crippen molar-refractivity contribution in [3.63, 3.8) is 0 Å².